The third-order valence-corrected chi connectivity index (χ3v) is 7.54. The first-order valence-electron chi connectivity index (χ1n) is 10.1. The lowest BCUT2D eigenvalue weighted by molar-refractivity contribution is -0.163. The summed E-state index contributed by atoms with van der Waals surface area (Å²) < 4.78 is 0. The second kappa shape index (κ2) is 9.01. The molecule has 0 unspecified atom stereocenters. The molecule has 2 saturated heterocycles. The highest BCUT2D eigenvalue weighted by molar-refractivity contribution is 8.03. The predicted octanol–water partition coefficient (Wildman–Crippen LogP) is -0.896. The number of amides is 3. The molecular weight excluding hydrogens is 424 g/mol. The summed E-state index contributed by atoms with van der Waals surface area (Å²) in [5, 5.41) is 22.8. The maximum Gasteiger partial charge on any atom is 0.353 e. The number of fused-ring (bicyclic) bond motifs is 1. The number of nitrogens with one attached hydrogen (secondary N) is 1. The number of likely N-dealkylation sites (N-methyl/N-ethyl adjacent to an activating group) is 1. The van der Waals surface area contributed by atoms with Crippen molar-refractivity contribution in [1.29, 1.82) is 0 Å². The van der Waals surface area contributed by atoms with Crippen LogP contribution >= 0.6 is 11.8 Å². The molecule has 3 rings (SSSR count). The normalized spacial score (nSPS) is 31.0. The van der Waals surface area contributed by atoms with Crippen LogP contribution in [0.2, 0.25) is 0 Å². The second-order valence-corrected chi connectivity index (χ2v) is 9.57. The highest BCUT2D eigenvalue weighted by Gasteiger charge is 2.60. The molecule has 3 aliphatic heterocycles. The van der Waals surface area contributed by atoms with Crippen molar-refractivity contribution in [2.45, 2.75) is 43.7 Å². The van der Waals surface area contributed by atoms with Gasteiger partial charge in [-0.05, 0) is 13.3 Å². The van der Waals surface area contributed by atoms with Crippen LogP contribution in [0.4, 0.5) is 0 Å². The van der Waals surface area contributed by atoms with Crippen LogP contribution in [-0.4, -0.2) is 87.3 Å². The molecule has 0 bridgehead atoms. The van der Waals surface area contributed by atoms with Gasteiger partial charge in [-0.3, -0.25) is 14.4 Å². The third-order valence-electron chi connectivity index (χ3n) is 6.03. The van der Waals surface area contributed by atoms with E-state index in [1.807, 2.05) is 6.92 Å². The van der Waals surface area contributed by atoms with Crippen LogP contribution in [0.5, 0.6) is 0 Å². The maximum absolute atomic E-state index is 12.6. The number of carboxylic acid groups (broad SMARTS) is 1. The Morgan fingerprint density at radius 1 is 1.42 bits per heavy atom. The minimum absolute atomic E-state index is 0.00659. The van der Waals surface area contributed by atoms with Crippen LogP contribution in [0.3, 0.4) is 0 Å². The van der Waals surface area contributed by atoms with Gasteiger partial charge in [0.25, 0.3) is 0 Å². The molecule has 3 amide bonds. The van der Waals surface area contributed by atoms with Crippen molar-refractivity contribution in [2.75, 3.05) is 20.1 Å². The molecule has 0 aliphatic carbocycles. The van der Waals surface area contributed by atoms with Crippen LogP contribution in [0.25, 0.3) is 0 Å². The average Bonchev–Trinajstić information content (AvgIpc) is 3.23. The van der Waals surface area contributed by atoms with Crippen molar-refractivity contribution >= 4 is 35.5 Å². The molecule has 6 atom stereocenters. The Balaban J connectivity index is 1.66. The lowest BCUT2D eigenvalue weighted by Gasteiger charge is -2.46. The van der Waals surface area contributed by atoms with Gasteiger partial charge in [0, 0.05) is 42.3 Å². The van der Waals surface area contributed by atoms with E-state index in [2.05, 4.69) is 5.32 Å². The van der Waals surface area contributed by atoms with Crippen LogP contribution in [-0.2, 0) is 19.2 Å². The van der Waals surface area contributed by atoms with E-state index in [-0.39, 0.29) is 41.3 Å². The fourth-order valence-electron chi connectivity index (χ4n) is 4.52. The Morgan fingerprint density at radius 3 is 2.68 bits per heavy atom. The quantitative estimate of drug-likeness (QED) is 0.273. The number of carbonyl (C=O) groups is 4. The molecule has 0 aromatic rings. The number of β-lactam (4-membered cyclic amide) rings is 1. The van der Waals surface area contributed by atoms with Gasteiger partial charge in [0.1, 0.15) is 5.70 Å². The van der Waals surface area contributed by atoms with Gasteiger partial charge in [0.05, 0.1) is 24.1 Å². The number of carbonyl (C=O) groups excluding carboxylic acids is 3. The number of hydrogen-bond acceptors (Lipinski definition) is 7. The number of aliphatic carboxylic acids is 1. The number of rotatable bonds is 8. The topological polar surface area (TPSA) is 153 Å². The van der Waals surface area contributed by atoms with E-state index in [1.165, 1.54) is 33.7 Å². The van der Waals surface area contributed by atoms with Gasteiger partial charge in [0.15, 0.2) is 0 Å². The standard InChI is InChI=1S/C20H28N4O6S/c1-9-15-14(10(2)25)19(28)24(15)16(20(29)30)17(9)31-11-7-12(22-8-11)18(27)23(3)6-4-5-13(21)26/h4-5,9-12,14-15,22,25H,6-8H2,1-3H3,(H2,21,26)(H,29,30)/b5-4+/t9-,10-,11+,12+,14-,15-/m1/s1. The molecule has 0 saturated carbocycles. The second-order valence-electron chi connectivity index (χ2n) is 8.23. The summed E-state index contributed by atoms with van der Waals surface area (Å²) in [6.07, 6.45) is 2.39. The predicted molar refractivity (Wildman–Crippen MR) is 113 cm³/mol. The maximum atomic E-state index is 12.6. The van der Waals surface area contributed by atoms with Crippen LogP contribution in [0, 0.1) is 11.8 Å². The molecule has 11 heteroatoms. The number of nitrogens with two attached hydrogens (primary N) is 1. The van der Waals surface area contributed by atoms with E-state index in [0.29, 0.717) is 17.9 Å². The van der Waals surface area contributed by atoms with E-state index >= 15 is 0 Å². The fraction of sp³-hybridized carbons (Fsp3) is 0.600. The Labute approximate surface area is 184 Å². The number of aliphatic hydroxyl groups is 1. The highest BCUT2D eigenvalue weighted by atomic mass is 32.2. The lowest BCUT2D eigenvalue weighted by atomic mass is 9.79. The molecule has 31 heavy (non-hydrogen) atoms. The Morgan fingerprint density at radius 2 is 2.10 bits per heavy atom. The number of nitrogens with zero attached hydrogens (tertiary/aromatic N) is 2. The number of aliphatic hydroxyl groups excluding tert-OH is 1. The smallest absolute Gasteiger partial charge is 0.353 e. The number of carboxylic acids is 1. The first kappa shape index (κ1) is 23.3. The zero-order chi connectivity index (χ0) is 23.0. The number of thioether (sulfide) groups is 1. The summed E-state index contributed by atoms with van der Waals surface area (Å²) in [6.45, 7) is 4.20. The van der Waals surface area contributed by atoms with E-state index in [4.69, 9.17) is 5.73 Å². The first-order valence-corrected chi connectivity index (χ1v) is 11.0. The molecule has 0 aromatic carbocycles. The summed E-state index contributed by atoms with van der Waals surface area (Å²) in [6, 6.07) is -0.769. The summed E-state index contributed by atoms with van der Waals surface area (Å²) >= 11 is 1.39. The Bertz CT molecular complexity index is 857. The van der Waals surface area contributed by atoms with Gasteiger partial charge in [0.2, 0.25) is 17.7 Å². The van der Waals surface area contributed by atoms with Gasteiger partial charge in [-0.25, -0.2) is 4.79 Å². The van der Waals surface area contributed by atoms with Crippen LogP contribution < -0.4 is 11.1 Å². The van der Waals surface area contributed by atoms with Gasteiger partial charge < -0.3 is 31.1 Å². The van der Waals surface area contributed by atoms with Crippen LogP contribution in [0.15, 0.2) is 22.8 Å². The Hall–Kier alpha value is -2.37. The zero-order valence-corrected chi connectivity index (χ0v) is 18.5. The van der Waals surface area contributed by atoms with Gasteiger partial charge in [-0.1, -0.05) is 13.0 Å². The van der Waals surface area contributed by atoms with E-state index in [9.17, 15) is 29.4 Å². The number of primary amides is 1. The molecule has 0 aromatic heterocycles. The molecule has 2 fully saturated rings. The molecule has 3 aliphatic rings. The van der Waals surface area contributed by atoms with Gasteiger partial charge in [-0.2, -0.15) is 0 Å². The third kappa shape index (κ3) is 4.35. The minimum atomic E-state index is -1.16. The summed E-state index contributed by atoms with van der Waals surface area (Å²) in [5.41, 5.74) is 5.04. The highest BCUT2D eigenvalue weighted by Crippen LogP contribution is 2.51. The van der Waals surface area contributed by atoms with Gasteiger partial charge in [-0.15, -0.1) is 11.8 Å². The molecule has 5 N–H and O–H groups in total. The molecule has 10 nitrogen and oxygen atoms in total. The molecule has 170 valence electrons. The molecule has 3 heterocycles. The van der Waals surface area contributed by atoms with E-state index in [1.54, 1.807) is 14.0 Å². The zero-order valence-electron chi connectivity index (χ0n) is 17.6. The largest absolute Gasteiger partial charge is 0.477 e. The van der Waals surface area contributed by atoms with Crippen molar-refractivity contribution in [1.82, 2.24) is 15.1 Å². The van der Waals surface area contributed by atoms with E-state index in [0.717, 1.165) is 0 Å². The SMILES string of the molecule is C[C@@H](O)[C@H]1C(=O)N2C(C(=O)O)=C(S[C@@H]3CN[C@H](C(=O)N(C)C/C=C/C(N)=O)C3)[C@H](C)[C@H]12. The van der Waals surface area contributed by atoms with E-state index < -0.39 is 29.9 Å². The van der Waals surface area contributed by atoms with Crippen LogP contribution in [0.1, 0.15) is 20.3 Å². The number of hydrogen-bond donors (Lipinski definition) is 4. The fourth-order valence-corrected chi connectivity index (χ4v) is 6.00. The summed E-state index contributed by atoms with van der Waals surface area (Å²) in [4.78, 5) is 51.2. The van der Waals surface area contributed by atoms with Crippen molar-refractivity contribution in [3.63, 3.8) is 0 Å². The van der Waals surface area contributed by atoms with Gasteiger partial charge >= 0.3 is 5.97 Å². The monoisotopic (exact) mass is 452 g/mol. The summed E-state index contributed by atoms with van der Waals surface area (Å²) in [7, 11) is 1.63. The molecule has 0 spiro atoms. The molecule has 0 radical (unpaired) electrons. The average molecular weight is 453 g/mol. The van der Waals surface area contributed by atoms with Crippen molar-refractivity contribution in [2.24, 2.45) is 17.6 Å². The van der Waals surface area contributed by atoms with Crippen molar-refractivity contribution in [3.05, 3.63) is 22.8 Å². The molecular formula is C20H28N4O6S. The first-order chi connectivity index (χ1) is 14.5. The van der Waals surface area contributed by atoms with Crippen molar-refractivity contribution in [3.8, 4) is 0 Å². The minimum Gasteiger partial charge on any atom is -0.477 e. The lowest BCUT2D eigenvalue weighted by Crippen LogP contribution is -2.63. The van der Waals surface area contributed by atoms with Crippen molar-refractivity contribution < 1.29 is 29.4 Å². The summed E-state index contributed by atoms with van der Waals surface area (Å²) in [5.74, 6) is -3.02. The Kier molecular flexibility index (Phi) is 6.77.